The number of rotatable bonds is 24. The van der Waals surface area contributed by atoms with E-state index in [1.165, 1.54) is 33.9 Å². The molecule has 0 saturated heterocycles. The van der Waals surface area contributed by atoms with E-state index in [1.807, 2.05) is 10.6 Å². The van der Waals surface area contributed by atoms with Crippen LogP contribution in [0.15, 0.2) is 24.8 Å². The molecule has 0 saturated carbocycles. The van der Waals surface area contributed by atoms with Crippen LogP contribution in [0.2, 0.25) is 0 Å². The molecule has 0 aliphatic carbocycles. The van der Waals surface area contributed by atoms with E-state index in [0.29, 0.717) is 11.6 Å². The zero-order valence-electron chi connectivity index (χ0n) is 28.2. The van der Waals surface area contributed by atoms with Crippen LogP contribution < -0.4 is 16.0 Å². The second-order valence-corrected chi connectivity index (χ2v) is 12.0. The van der Waals surface area contributed by atoms with Gasteiger partial charge in [-0.1, -0.05) is 6.92 Å². The van der Waals surface area contributed by atoms with Gasteiger partial charge in [0, 0.05) is 43.7 Å². The van der Waals surface area contributed by atoms with Crippen LogP contribution in [-0.4, -0.2) is 127 Å². The molecular formula is C30H42N8O14. The summed E-state index contributed by atoms with van der Waals surface area (Å²) in [5, 5.41) is 62.4. The number of nitrogens with zero attached hydrogens (tertiary/aromatic N) is 5. The average molecular weight is 739 g/mol. The number of carboxylic acid groups (broad SMARTS) is 6. The lowest BCUT2D eigenvalue weighted by molar-refractivity contribution is -0.144. The lowest BCUT2D eigenvalue weighted by atomic mass is 9.93. The van der Waals surface area contributed by atoms with Crippen LogP contribution in [0.4, 0.5) is 4.79 Å². The third-order valence-electron chi connectivity index (χ3n) is 7.91. The summed E-state index contributed by atoms with van der Waals surface area (Å²) < 4.78 is 2.81. The highest BCUT2D eigenvalue weighted by Crippen LogP contribution is 2.20. The molecule has 0 fully saturated rings. The normalized spacial score (nSPS) is 14.0. The summed E-state index contributed by atoms with van der Waals surface area (Å²) in [5.74, 6) is -8.98. The molecule has 9 N–H and O–H groups in total. The first-order valence-electron chi connectivity index (χ1n) is 15.8. The van der Waals surface area contributed by atoms with Gasteiger partial charge in [0.15, 0.2) is 0 Å². The Bertz CT molecular complexity index is 1550. The van der Waals surface area contributed by atoms with Crippen molar-refractivity contribution in [1.82, 2.24) is 40.0 Å². The predicted molar refractivity (Wildman–Crippen MR) is 172 cm³/mol. The fourth-order valence-corrected chi connectivity index (χ4v) is 5.23. The van der Waals surface area contributed by atoms with Gasteiger partial charge in [-0.3, -0.25) is 24.1 Å². The van der Waals surface area contributed by atoms with Crippen molar-refractivity contribution in [2.45, 2.75) is 96.3 Å². The van der Waals surface area contributed by atoms with Crippen molar-refractivity contribution in [1.29, 1.82) is 0 Å². The number of imidazole rings is 2. The lowest BCUT2D eigenvalue weighted by Gasteiger charge is -2.32. The Morgan fingerprint density at radius 1 is 0.673 bits per heavy atom. The number of urea groups is 1. The van der Waals surface area contributed by atoms with Crippen LogP contribution in [0.3, 0.4) is 0 Å². The Hall–Kier alpha value is -6.06. The molecule has 2 aromatic heterocycles. The molecule has 2 heterocycles. The van der Waals surface area contributed by atoms with Crippen molar-refractivity contribution >= 4 is 47.8 Å². The summed E-state index contributed by atoms with van der Waals surface area (Å²) in [6, 6.07) is -6.52. The molecule has 2 rings (SSSR count). The number of amides is 3. The van der Waals surface area contributed by atoms with Crippen molar-refractivity contribution in [3.05, 3.63) is 36.4 Å². The quantitative estimate of drug-likeness (QED) is 0.0629. The Morgan fingerprint density at radius 3 is 1.54 bits per heavy atom. The van der Waals surface area contributed by atoms with Crippen LogP contribution in [0.1, 0.15) is 57.6 Å². The Balaban J connectivity index is 2.13. The summed E-state index contributed by atoms with van der Waals surface area (Å²) in [6.07, 6.45) is 3.76. The van der Waals surface area contributed by atoms with Crippen LogP contribution >= 0.6 is 0 Å². The van der Waals surface area contributed by atoms with Gasteiger partial charge in [0.1, 0.15) is 42.9 Å². The molecule has 0 spiro atoms. The molecule has 52 heavy (non-hydrogen) atoms. The van der Waals surface area contributed by atoms with E-state index in [4.69, 9.17) is 5.11 Å². The monoisotopic (exact) mass is 738 g/mol. The maximum atomic E-state index is 12.8. The first kappa shape index (κ1) is 42.1. The van der Waals surface area contributed by atoms with Gasteiger partial charge in [-0.05, 0) is 32.1 Å². The smallest absolute Gasteiger partial charge is 0.326 e. The number of aliphatic carboxylic acids is 6. The molecule has 0 aliphatic heterocycles. The van der Waals surface area contributed by atoms with Gasteiger partial charge in [0.2, 0.25) is 5.91 Å². The molecule has 22 heteroatoms. The fourth-order valence-electron chi connectivity index (χ4n) is 5.23. The summed E-state index contributed by atoms with van der Waals surface area (Å²) in [6.45, 7) is 2.65. The average Bonchev–Trinajstić information content (AvgIpc) is 3.66. The predicted octanol–water partition coefficient (Wildman–Crippen LogP) is -0.914. The number of hydrogen-bond donors (Lipinski definition) is 9. The number of aromatic nitrogens is 4. The molecule has 0 bridgehead atoms. The number of carbonyl (C=O) groups excluding carboxylic acids is 2. The lowest BCUT2D eigenvalue weighted by Crippen LogP contribution is -2.51. The number of carbonyl (C=O) groups is 8. The molecular weight excluding hydrogens is 696 g/mol. The zero-order chi connectivity index (χ0) is 39.1. The van der Waals surface area contributed by atoms with E-state index in [-0.39, 0.29) is 32.6 Å². The van der Waals surface area contributed by atoms with Crippen molar-refractivity contribution in [2.75, 3.05) is 0 Å². The minimum Gasteiger partial charge on any atom is -0.481 e. The van der Waals surface area contributed by atoms with Gasteiger partial charge < -0.3 is 55.7 Å². The maximum absolute atomic E-state index is 12.8. The molecule has 0 aromatic carbocycles. The van der Waals surface area contributed by atoms with Crippen LogP contribution in [-0.2, 0) is 59.7 Å². The van der Waals surface area contributed by atoms with Crippen LogP contribution in [0.25, 0.3) is 0 Å². The highest BCUT2D eigenvalue weighted by atomic mass is 16.4. The van der Waals surface area contributed by atoms with E-state index in [2.05, 4.69) is 15.3 Å². The molecule has 5 atom stereocenters. The summed E-state index contributed by atoms with van der Waals surface area (Å²) >= 11 is 0. The van der Waals surface area contributed by atoms with Crippen molar-refractivity contribution in [3.63, 3.8) is 0 Å². The van der Waals surface area contributed by atoms with Crippen molar-refractivity contribution < 1.29 is 69.0 Å². The van der Waals surface area contributed by atoms with Gasteiger partial charge in [0.25, 0.3) is 0 Å². The highest BCUT2D eigenvalue weighted by molar-refractivity contribution is 5.87. The Labute approximate surface area is 295 Å². The first-order chi connectivity index (χ1) is 24.4. The standard InChI is InChI=1S/C30H42N8O14/c1-16(11-17(2)38(12-20-31-7-9-36(20)14-24(42)43)13-21-32-8-10-37(21)15-25(44)45)26(29(50)51)35-22(39)5-3-18(27(46)47)33-30(52)34-19(28(48)49)4-6-23(40)41/h7-10,16-19,26H,3-6,11-15H2,1-2H3,(H,35,39)(H,40,41)(H,42,43)(H,44,45)(H,46,47)(H,48,49)(H,50,51)(H2,33,34,52). The molecule has 22 nitrogen and oxygen atoms in total. The molecule has 0 aliphatic rings. The first-order valence-corrected chi connectivity index (χ1v) is 15.8. The fraction of sp³-hybridized carbons (Fsp3) is 0.533. The second kappa shape index (κ2) is 20.0. The molecule has 5 unspecified atom stereocenters. The van der Waals surface area contributed by atoms with Crippen molar-refractivity contribution in [2.24, 2.45) is 5.92 Å². The Morgan fingerprint density at radius 2 is 1.13 bits per heavy atom. The zero-order valence-corrected chi connectivity index (χ0v) is 28.2. The van der Waals surface area contributed by atoms with Gasteiger partial charge >= 0.3 is 41.8 Å². The summed E-state index contributed by atoms with van der Waals surface area (Å²) in [5.41, 5.74) is 0. The maximum Gasteiger partial charge on any atom is 0.326 e. The van der Waals surface area contributed by atoms with Crippen LogP contribution in [0, 0.1) is 5.92 Å². The molecule has 0 radical (unpaired) electrons. The van der Waals surface area contributed by atoms with Crippen LogP contribution in [0.5, 0.6) is 0 Å². The minimum absolute atomic E-state index is 0.0577. The van der Waals surface area contributed by atoms with Gasteiger partial charge in [0.05, 0.1) is 13.1 Å². The Kier molecular flexibility index (Phi) is 16.2. The third kappa shape index (κ3) is 14.0. The van der Waals surface area contributed by atoms with E-state index in [1.54, 1.807) is 18.7 Å². The van der Waals surface area contributed by atoms with E-state index in [0.717, 1.165) is 0 Å². The third-order valence-corrected chi connectivity index (χ3v) is 7.91. The highest BCUT2D eigenvalue weighted by Gasteiger charge is 2.31. The van der Waals surface area contributed by atoms with Crippen molar-refractivity contribution in [3.8, 4) is 0 Å². The second-order valence-electron chi connectivity index (χ2n) is 12.0. The van der Waals surface area contributed by atoms with Gasteiger partial charge in [-0.25, -0.2) is 29.1 Å². The van der Waals surface area contributed by atoms with E-state index < -0.39 is 104 Å². The van der Waals surface area contributed by atoms with E-state index >= 15 is 0 Å². The number of carboxylic acids is 6. The van der Waals surface area contributed by atoms with Gasteiger partial charge in [-0.2, -0.15) is 0 Å². The summed E-state index contributed by atoms with van der Waals surface area (Å²) in [7, 11) is 0. The minimum atomic E-state index is -1.70. The summed E-state index contributed by atoms with van der Waals surface area (Å²) in [4.78, 5) is 104. The largest absolute Gasteiger partial charge is 0.481 e. The number of nitrogens with one attached hydrogen (secondary N) is 3. The molecule has 286 valence electrons. The molecule has 3 amide bonds. The van der Waals surface area contributed by atoms with Gasteiger partial charge in [-0.15, -0.1) is 0 Å². The number of hydrogen-bond acceptors (Lipinski definition) is 11. The van der Waals surface area contributed by atoms with E-state index in [9.17, 15) is 63.9 Å². The molecule has 2 aromatic rings. The topological polar surface area (TPSA) is 333 Å². The SMILES string of the molecule is CC(CC(C)N(Cc1nccn1CC(=O)O)Cc1nccn1CC(=O)O)C(NC(=O)CCC(NC(=O)NC(CCC(=O)O)C(=O)O)C(=O)O)C(=O)O.